The van der Waals surface area contributed by atoms with Crippen molar-refractivity contribution in [2.24, 2.45) is 5.92 Å². The summed E-state index contributed by atoms with van der Waals surface area (Å²) in [6.07, 6.45) is 0. The molecule has 0 saturated carbocycles. The van der Waals surface area contributed by atoms with Crippen molar-refractivity contribution in [3.05, 3.63) is 0 Å². The maximum Gasteiger partial charge on any atom is 0.317 e. The van der Waals surface area contributed by atoms with Gasteiger partial charge in [0.1, 0.15) is 0 Å². The van der Waals surface area contributed by atoms with Crippen molar-refractivity contribution in [2.75, 3.05) is 39.3 Å². The molecular formula is C11H20N4O. The Morgan fingerprint density at radius 2 is 2.44 bits per heavy atom. The average molecular weight is 224 g/mol. The normalized spacial score (nSPS) is 17.4. The van der Waals surface area contributed by atoms with Crippen molar-refractivity contribution >= 4 is 6.03 Å². The van der Waals surface area contributed by atoms with E-state index in [2.05, 4.69) is 23.2 Å². The lowest BCUT2D eigenvalue weighted by molar-refractivity contribution is 0.199. The summed E-state index contributed by atoms with van der Waals surface area (Å²) < 4.78 is 0. The van der Waals surface area contributed by atoms with Crippen LogP contribution in [0.25, 0.3) is 0 Å². The van der Waals surface area contributed by atoms with Crippen molar-refractivity contribution in [2.45, 2.75) is 13.8 Å². The molecule has 1 fully saturated rings. The van der Waals surface area contributed by atoms with Gasteiger partial charge in [-0.25, -0.2) is 4.79 Å². The molecule has 0 bridgehead atoms. The largest absolute Gasteiger partial charge is 0.336 e. The zero-order valence-electron chi connectivity index (χ0n) is 10.1. The van der Waals surface area contributed by atoms with E-state index >= 15 is 0 Å². The fraction of sp³-hybridized carbons (Fsp3) is 0.818. The summed E-state index contributed by atoms with van der Waals surface area (Å²) in [5, 5.41) is 11.5. The number of nitriles is 1. The SMILES string of the molecule is CCN(CCN1CCNC1=O)CC(C)C#N. The van der Waals surface area contributed by atoms with E-state index in [1.54, 1.807) is 0 Å². The molecule has 1 unspecified atom stereocenters. The number of nitrogens with zero attached hydrogens (tertiary/aromatic N) is 3. The zero-order chi connectivity index (χ0) is 12.0. The van der Waals surface area contributed by atoms with Crippen LogP contribution >= 0.6 is 0 Å². The topological polar surface area (TPSA) is 59.4 Å². The van der Waals surface area contributed by atoms with Gasteiger partial charge in [-0.3, -0.25) is 0 Å². The van der Waals surface area contributed by atoms with Crippen LogP contribution in [0.2, 0.25) is 0 Å². The quantitative estimate of drug-likeness (QED) is 0.714. The molecule has 1 N–H and O–H groups in total. The number of hydrogen-bond donors (Lipinski definition) is 1. The number of amides is 2. The Hall–Kier alpha value is -1.28. The van der Waals surface area contributed by atoms with Gasteiger partial charge in [-0.05, 0) is 13.5 Å². The van der Waals surface area contributed by atoms with Gasteiger partial charge in [0, 0.05) is 32.7 Å². The molecule has 1 saturated heterocycles. The summed E-state index contributed by atoms with van der Waals surface area (Å²) in [6.45, 7) is 8.83. The maximum absolute atomic E-state index is 11.3. The molecule has 1 rings (SSSR count). The third-order valence-corrected chi connectivity index (χ3v) is 2.83. The molecule has 1 heterocycles. The number of urea groups is 1. The average Bonchev–Trinajstić information content (AvgIpc) is 2.69. The Morgan fingerprint density at radius 1 is 1.69 bits per heavy atom. The summed E-state index contributed by atoms with van der Waals surface area (Å²) in [6, 6.07) is 2.26. The van der Waals surface area contributed by atoms with Crippen LogP contribution in [0.1, 0.15) is 13.8 Å². The first-order valence-corrected chi connectivity index (χ1v) is 5.82. The molecule has 90 valence electrons. The molecular weight excluding hydrogens is 204 g/mol. The van der Waals surface area contributed by atoms with Crippen LogP contribution in [-0.2, 0) is 0 Å². The molecule has 0 aromatic heterocycles. The highest BCUT2D eigenvalue weighted by molar-refractivity contribution is 5.76. The van der Waals surface area contributed by atoms with E-state index in [9.17, 15) is 4.79 Å². The minimum Gasteiger partial charge on any atom is -0.336 e. The standard InChI is InChI=1S/C11H20N4O/c1-3-14(9-10(2)8-12)6-7-15-5-4-13-11(15)16/h10H,3-7,9H2,1-2H3,(H,13,16). The van der Waals surface area contributed by atoms with Crippen LogP contribution < -0.4 is 5.32 Å². The van der Waals surface area contributed by atoms with Crippen molar-refractivity contribution in [1.29, 1.82) is 5.26 Å². The predicted molar refractivity (Wildman–Crippen MR) is 61.9 cm³/mol. The van der Waals surface area contributed by atoms with Gasteiger partial charge in [0.05, 0.1) is 12.0 Å². The second-order valence-electron chi connectivity index (χ2n) is 4.14. The minimum atomic E-state index is 0.0318. The lowest BCUT2D eigenvalue weighted by Crippen LogP contribution is -2.38. The smallest absolute Gasteiger partial charge is 0.317 e. The number of hydrogen-bond acceptors (Lipinski definition) is 3. The van der Waals surface area contributed by atoms with E-state index in [0.29, 0.717) is 0 Å². The molecule has 0 aliphatic carbocycles. The van der Waals surface area contributed by atoms with E-state index in [0.717, 1.165) is 39.3 Å². The van der Waals surface area contributed by atoms with Crippen LogP contribution in [0.3, 0.4) is 0 Å². The summed E-state index contributed by atoms with van der Waals surface area (Å²) >= 11 is 0. The monoisotopic (exact) mass is 224 g/mol. The van der Waals surface area contributed by atoms with Crippen molar-refractivity contribution in [3.8, 4) is 6.07 Å². The van der Waals surface area contributed by atoms with Crippen molar-refractivity contribution in [3.63, 3.8) is 0 Å². The van der Waals surface area contributed by atoms with Gasteiger partial charge in [-0.2, -0.15) is 5.26 Å². The second kappa shape index (κ2) is 6.33. The van der Waals surface area contributed by atoms with Crippen LogP contribution in [-0.4, -0.2) is 55.1 Å². The number of rotatable bonds is 6. The van der Waals surface area contributed by atoms with Gasteiger partial charge in [0.2, 0.25) is 0 Å². The van der Waals surface area contributed by atoms with Crippen LogP contribution in [0.4, 0.5) is 4.79 Å². The van der Waals surface area contributed by atoms with E-state index in [-0.39, 0.29) is 11.9 Å². The third kappa shape index (κ3) is 3.70. The Balaban J connectivity index is 2.28. The van der Waals surface area contributed by atoms with E-state index in [4.69, 9.17) is 5.26 Å². The molecule has 0 aromatic carbocycles. The lowest BCUT2D eigenvalue weighted by atomic mass is 10.2. The fourth-order valence-electron chi connectivity index (χ4n) is 1.79. The molecule has 5 nitrogen and oxygen atoms in total. The lowest BCUT2D eigenvalue weighted by Gasteiger charge is -2.24. The minimum absolute atomic E-state index is 0.0318. The van der Waals surface area contributed by atoms with Gasteiger partial charge in [0.15, 0.2) is 0 Å². The number of carbonyl (C=O) groups excluding carboxylic acids is 1. The first kappa shape index (κ1) is 12.8. The molecule has 1 aliphatic heterocycles. The molecule has 0 spiro atoms. The Bertz CT molecular complexity index is 274. The molecule has 1 atom stereocenters. The maximum atomic E-state index is 11.3. The van der Waals surface area contributed by atoms with Crippen molar-refractivity contribution < 1.29 is 4.79 Å². The van der Waals surface area contributed by atoms with Gasteiger partial charge in [0.25, 0.3) is 0 Å². The van der Waals surface area contributed by atoms with E-state index in [1.807, 2.05) is 11.8 Å². The van der Waals surface area contributed by atoms with Crippen LogP contribution in [0.15, 0.2) is 0 Å². The highest BCUT2D eigenvalue weighted by Gasteiger charge is 2.19. The summed E-state index contributed by atoms with van der Waals surface area (Å²) in [5.74, 6) is 0.0485. The molecule has 0 aromatic rings. The number of carbonyl (C=O) groups is 1. The predicted octanol–water partition coefficient (Wildman–Crippen LogP) is 0.493. The fourth-order valence-corrected chi connectivity index (χ4v) is 1.79. The van der Waals surface area contributed by atoms with Gasteiger partial charge < -0.3 is 15.1 Å². The van der Waals surface area contributed by atoms with Gasteiger partial charge >= 0.3 is 6.03 Å². The van der Waals surface area contributed by atoms with Gasteiger partial charge in [-0.15, -0.1) is 0 Å². The Kier molecular flexibility index (Phi) is 5.06. The number of nitrogens with one attached hydrogen (secondary N) is 1. The highest BCUT2D eigenvalue weighted by atomic mass is 16.2. The Labute approximate surface area is 97.0 Å². The molecule has 2 amide bonds. The first-order chi connectivity index (χ1) is 7.67. The molecule has 1 aliphatic rings. The van der Waals surface area contributed by atoms with E-state index < -0.39 is 0 Å². The first-order valence-electron chi connectivity index (χ1n) is 5.82. The molecule has 16 heavy (non-hydrogen) atoms. The van der Waals surface area contributed by atoms with Crippen LogP contribution in [0.5, 0.6) is 0 Å². The summed E-state index contributed by atoms with van der Waals surface area (Å²) in [5.41, 5.74) is 0. The highest BCUT2D eigenvalue weighted by Crippen LogP contribution is 2.01. The summed E-state index contributed by atoms with van der Waals surface area (Å²) in [4.78, 5) is 15.3. The second-order valence-corrected chi connectivity index (χ2v) is 4.14. The summed E-state index contributed by atoms with van der Waals surface area (Å²) in [7, 11) is 0. The molecule has 0 radical (unpaired) electrons. The van der Waals surface area contributed by atoms with Crippen molar-refractivity contribution in [1.82, 2.24) is 15.1 Å². The Morgan fingerprint density at radius 3 is 2.94 bits per heavy atom. The number of likely N-dealkylation sites (N-methyl/N-ethyl adjacent to an activating group) is 1. The van der Waals surface area contributed by atoms with Crippen LogP contribution in [0, 0.1) is 17.2 Å². The third-order valence-electron chi connectivity index (χ3n) is 2.83. The van der Waals surface area contributed by atoms with E-state index in [1.165, 1.54) is 0 Å². The zero-order valence-corrected chi connectivity index (χ0v) is 10.1. The molecule has 5 heteroatoms. The van der Waals surface area contributed by atoms with Gasteiger partial charge in [-0.1, -0.05) is 6.92 Å².